The molecule has 7 heteroatoms. The van der Waals surface area contributed by atoms with E-state index in [-0.39, 0.29) is 24.0 Å². The summed E-state index contributed by atoms with van der Waals surface area (Å²) in [4.78, 5) is 17.2. The molecule has 0 bridgehead atoms. The van der Waals surface area contributed by atoms with E-state index in [9.17, 15) is 0 Å². The smallest absolute Gasteiger partial charge is 0.194 e. The molecule has 0 saturated carbocycles. The first-order valence-corrected chi connectivity index (χ1v) is 10.1. The molecule has 1 aliphatic heterocycles. The minimum absolute atomic E-state index is 0. The largest absolute Gasteiger partial charge is 0.349 e. The van der Waals surface area contributed by atoms with Crippen LogP contribution in [-0.2, 0) is 13.1 Å². The highest BCUT2D eigenvalue weighted by molar-refractivity contribution is 14.0. The summed E-state index contributed by atoms with van der Waals surface area (Å²) in [6, 6.07) is 20.9. The van der Waals surface area contributed by atoms with Gasteiger partial charge in [0.2, 0.25) is 0 Å². The van der Waals surface area contributed by atoms with E-state index in [1.807, 2.05) is 31.4 Å². The van der Waals surface area contributed by atoms with E-state index < -0.39 is 0 Å². The molecule has 2 N–H and O–H groups in total. The standard InChI is InChI=1S/C23H28N6.HI/c1-24-23(26-17-22-25-16-21(27-22)20-10-6-3-7-11-20)29-14-12-28(13-15-29)18-19-8-4-2-5-9-19;/h2-11,16H,12-15,17-18H2,1H3,(H,24,26)(H,25,27);1H. The summed E-state index contributed by atoms with van der Waals surface area (Å²) in [5.74, 6) is 1.84. The third-order valence-corrected chi connectivity index (χ3v) is 5.26. The average Bonchev–Trinajstić information content (AvgIpc) is 3.26. The Hall–Kier alpha value is -2.39. The van der Waals surface area contributed by atoms with Crippen molar-refractivity contribution >= 4 is 29.9 Å². The van der Waals surface area contributed by atoms with Gasteiger partial charge < -0.3 is 15.2 Å². The van der Waals surface area contributed by atoms with Gasteiger partial charge in [-0.1, -0.05) is 60.7 Å². The number of benzene rings is 2. The van der Waals surface area contributed by atoms with E-state index in [1.54, 1.807) is 0 Å². The maximum absolute atomic E-state index is 4.50. The molecule has 0 aliphatic carbocycles. The highest BCUT2D eigenvalue weighted by atomic mass is 127. The van der Waals surface area contributed by atoms with Crippen LogP contribution in [0.25, 0.3) is 11.3 Å². The first-order chi connectivity index (χ1) is 14.3. The van der Waals surface area contributed by atoms with Gasteiger partial charge in [0, 0.05) is 39.8 Å². The highest BCUT2D eigenvalue weighted by Gasteiger charge is 2.19. The van der Waals surface area contributed by atoms with Crippen LogP contribution in [0.5, 0.6) is 0 Å². The molecule has 6 nitrogen and oxygen atoms in total. The molecule has 2 heterocycles. The summed E-state index contributed by atoms with van der Waals surface area (Å²) in [5.41, 5.74) is 3.55. The number of piperazine rings is 1. The number of aromatic amines is 1. The van der Waals surface area contributed by atoms with E-state index in [0.717, 1.165) is 55.8 Å². The molecular formula is C23H29IN6. The van der Waals surface area contributed by atoms with Crippen molar-refractivity contribution in [3.8, 4) is 11.3 Å². The van der Waals surface area contributed by atoms with E-state index >= 15 is 0 Å². The van der Waals surface area contributed by atoms with E-state index in [1.165, 1.54) is 5.56 Å². The predicted molar refractivity (Wildman–Crippen MR) is 133 cm³/mol. The molecule has 0 atom stereocenters. The first-order valence-electron chi connectivity index (χ1n) is 10.1. The van der Waals surface area contributed by atoms with Crippen molar-refractivity contribution in [2.45, 2.75) is 13.1 Å². The number of hydrogen-bond acceptors (Lipinski definition) is 3. The highest BCUT2D eigenvalue weighted by Crippen LogP contribution is 2.16. The lowest BCUT2D eigenvalue weighted by molar-refractivity contribution is 0.172. The van der Waals surface area contributed by atoms with Crippen LogP contribution in [0.15, 0.2) is 71.9 Å². The lowest BCUT2D eigenvalue weighted by Gasteiger charge is -2.36. The second-order valence-corrected chi connectivity index (χ2v) is 7.26. The summed E-state index contributed by atoms with van der Waals surface area (Å²) >= 11 is 0. The molecule has 1 fully saturated rings. The van der Waals surface area contributed by atoms with Gasteiger partial charge in [0.15, 0.2) is 5.96 Å². The Morgan fingerprint density at radius 2 is 1.67 bits per heavy atom. The summed E-state index contributed by atoms with van der Waals surface area (Å²) < 4.78 is 0. The summed E-state index contributed by atoms with van der Waals surface area (Å²) in [6.07, 6.45) is 1.89. The second kappa shape index (κ2) is 11.1. The molecule has 0 radical (unpaired) electrons. The minimum atomic E-state index is 0. The van der Waals surface area contributed by atoms with Crippen LogP contribution in [-0.4, -0.2) is 59.0 Å². The SMILES string of the molecule is CN=C(NCc1ncc(-c2ccccc2)[nH]1)N1CCN(Cc2ccccc2)CC1.I. The average molecular weight is 516 g/mol. The lowest BCUT2D eigenvalue weighted by atomic mass is 10.2. The van der Waals surface area contributed by atoms with Crippen LogP contribution in [0.2, 0.25) is 0 Å². The fourth-order valence-corrected chi connectivity index (χ4v) is 3.67. The Morgan fingerprint density at radius 3 is 2.33 bits per heavy atom. The first kappa shape index (κ1) is 22.3. The number of H-pyrrole nitrogens is 1. The molecule has 1 aliphatic rings. The van der Waals surface area contributed by atoms with Gasteiger partial charge in [0.25, 0.3) is 0 Å². The van der Waals surface area contributed by atoms with Gasteiger partial charge in [-0.3, -0.25) is 9.89 Å². The zero-order chi connectivity index (χ0) is 19.9. The number of aromatic nitrogens is 2. The monoisotopic (exact) mass is 516 g/mol. The fraction of sp³-hybridized carbons (Fsp3) is 0.304. The molecule has 1 saturated heterocycles. The van der Waals surface area contributed by atoms with Crippen molar-refractivity contribution in [1.82, 2.24) is 25.1 Å². The molecule has 1 aromatic heterocycles. The number of aliphatic imine (C=N–C) groups is 1. The molecule has 0 spiro atoms. The van der Waals surface area contributed by atoms with E-state index in [4.69, 9.17) is 0 Å². The number of hydrogen-bond donors (Lipinski definition) is 2. The zero-order valence-corrected chi connectivity index (χ0v) is 19.6. The third-order valence-electron chi connectivity index (χ3n) is 5.26. The lowest BCUT2D eigenvalue weighted by Crippen LogP contribution is -2.52. The van der Waals surface area contributed by atoms with Crippen molar-refractivity contribution in [3.05, 3.63) is 78.2 Å². The Morgan fingerprint density at radius 1 is 1.00 bits per heavy atom. The van der Waals surface area contributed by atoms with Crippen LogP contribution in [0.1, 0.15) is 11.4 Å². The molecule has 0 amide bonds. The third kappa shape index (κ3) is 5.82. The summed E-state index contributed by atoms with van der Waals surface area (Å²) in [5, 5.41) is 3.45. The van der Waals surface area contributed by atoms with Crippen LogP contribution in [0.4, 0.5) is 0 Å². The Bertz CT molecular complexity index is 917. The minimum Gasteiger partial charge on any atom is -0.349 e. The number of halogens is 1. The van der Waals surface area contributed by atoms with E-state index in [2.05, 4.69) is 72.5 Å². The Balaban J connectivity index is 0.00000256. The maximum atomic E-state index is 4.50. The van der Waals surface area contributed by atoms with Gasteiger partial charge in [-0.05, 0) is 11.1 Å². The van der Waals surface area contributed by atoms with Gasteiger partial charge in [-0.2, -0.15) is 0 Å². The van der Waals surface area contributed by atoms with Crippen LogP contribution < -0.4 is 5.32 Å². The number of rotatable bonds is 5. The summed E-state index contributed by atoms with van der Waals surface area (Å²) in [6.45, 7) is 5.65. The maximum Gasteiger partial charge on any atom is 0.194 e. The summed E-state index contributed by atoms with van der Waals surface area (Å²) in [7, 11) is 1.84. The van der Waals surface area contributed by atoms with Gasteiger partial charge in [-0.25, -0.2) is 4.98 Å². The Labute approximate surface area is 195 Å². The van der Waals surface area contributed by atoms with Gasteiger partial charge >= 0.3 is 0 Å². The van der Waals surface area contributed by atoms with Crippen molar-refractivity contribution in [3.63, 3.8) is 0 Å². The zero-order valence-electron chi connectivity index (χ0n) is 17.3. The van der Waals surface area contributed by atoms with Gasteiger partial charge in [0.1, 0.15) is 5.82 Å². The quantitative estimate of drug-likeness (QED) is 0.309. The molecular weight excluding hydrogens is 487 g/mol. The van der Waals surface area contributed by atoms with Gasteiger partial charge in [-0.15, -0.1) is 24.0 Å². The number of nitrogens with one attached hydrogen (secondary N) is 2. The number of nitrogens with zero attached hydrogens (tertiary/aromatic N) is 4. The van der Waals surface area contributed by atoms with Crippen LogP contribution >= 0.6 is 24.0 Å². The topological polar surface area (TPSA) is 59.6 Å². The predicted octanol–water partition coefficient (Wildman–Crippen LogP) is 3.59. The normalized spacial score (nSPS) is 15.0. The second-order valence-electron chi connectivity index (χ2n) is 7.26. The molecule has 4 rings (SSSR count). The molecule has 2 aromatic carbocycles. The van der Waals surface area contributed by atoms with Crippen LogP contribution in [0.3, 0.4) is 0 Å². The van der Waals surface area contributed by atoms with Crippen molar-refractivity contribution in [2.24, 2.45) is 4.99 Å². The Kier molecular flexibility index (Phi) is 8.27. The number of imidazole rings is 1. The molecule has 0 unspecified atom stereocenters. The van der Waals surface area contributed by atoms with Crippen molar-refractivity contribution in [2.75, 3.05) is 33.2 Å². The van der Waals surface area contributed by atoms with Crippen molar-refractivity contribution in [1.29, 1.82) is 0 Å². The molecule has 3 aromatic rings. The molecule has 158 valence electrons. The van der Waals surface area contributed by atoms with E-state index in [0.29, 0.717) is 6.54 Å². The fourth-order valence-electron chi connectivity index (χ4n) is 3.67. The number of guanidine groups is 1. The van der Waals surface area contributed by atoms with Crippen molar-refractivity contribution < 1.29 is 0 Å². The van der Waals surface area contributed by atoms with Crippen LogP contribution in [0, 0.1) is 0 Å². The van der Waals surface area contributed by atoms with Gasteiger partial charge in [0.05, 0.1) is 18.4 Å². The molecule has 30 heavy (non-hydrogen) atoms.